The standard InChI is InChI=1S/C10H16ClN3O2/c1-7(15)3-4-12-9-5-8(11)13-10(14-9)6-16-2/h5,7,15H,3-4,6H2,1-2H3,(H,12,13,14). The molecule has 0 saturated carbocycles. The third kappa shape index (κ3) is 4.74. The number of hydrogen-bond acceptors (Lipinski definition) is 5. The lowest BCUT2D eigenvalue weighted by Crippen LogP contribution is -2.11. The normalized spacial score (nSPS) is 12.5. The fourth-order valence-electron chi connectivity index (χ4n) is 1.16. The van der Waals surface area contributed by atoms with Crippen molar-refractivity contribution in [2.75, 3.05) is 19.0 Å². The van der Waals surface area contributed by atoms with Gasteiger partial charge in [0, 0.05) is 19.7 Å². The minimum Gasteiger partial charge on any atom is -0.393 e. The number of aliphatic hydroxyl groups is 1. The third-order valence-electron chi connectivity index (χ3n) is 1.88. The number of aliphatic hydroxyl groups excluding tert-OH is 1. The zero-order chi connectivity index (χ0) is 12.0. The first kappa shape index (κ1) is 13.2. The number of aromatic nitrogens is 2. The Balaban J connectivity index is 2.58. The molecule has 0 aliphatic carbocycles. The fraction of sp³-hybridized carbons (Fsp3) is 0.600. The van der Waals surface area contributed by atoms with Crippen LogP contribution < -0.4 is 5.32 Å². The van der Waals surface area contributed by atoms with Crippen molar-refractivity contribution in [3.8, 4) is 0 Å². The lowest BCUT2D eigenvalue weighted by Gasteiger charge is -2.08. The van der Waals surface area contributed by atoms with Crippen LogP contribution >= 0.6 is 11.6 Å². The number of nitrogens with zero attached hydrogens (tertiary/aromatic N) is 2. The van der Waals surface area contributed by atoms with E-state index in [9.17, 15) is 0 Å². The van der Waals surface area contributed by atoms with Crippen LogP contribution in [0.5, 0.6) is 0 Å². The SMILES string of the molecule is COCc1nc(Cl)cc(NCCC(C)O)n1. The average Bonchev–Trinajstić information content (AvgIpc) is 2.16. The Morgan fingerprint density at radius 3 is 2.94 bits per heavy atom. The number of methoxy groups -OCH3 is 1. The maximum absolute atomic E-state index is 9.10. The molecular weight excluding hydrogens is 230 g/mol. The first-order valence-corrected chi connectivity index (χ1v) is 5.44. The van der Waals surface area contributed by atoms with Crippen LogP contribution in [0.15, 0.2) is 6.07 Å². The molecule has 16 heavy (non-hydrogen) atoms. The Hall–Kier alpha value is -0.910. The van der Waals surface area contributed by atoms with E-state index in [1.165, 1.54) is 0 Å². The summed E-state index contributed by atoms with van der Waals surface area (Å²) in [6.45, 7) is 2.70. The molecule has 5 nitrogen and oxygen atoms in total. The Bertz CT molecular complexity index is 334. The van der Waals surface area contributed by atoms with Crippen LogP contribution in [0.2, 0.25) is 5.15 Å². The van der Waals surface area contributed by atoms with Crippen LogP contribution in [0.1, 0.15) is 19.2 Å². The van der Waals surface area contributed by atoms with Crippen LogP contribution in [-0.2, 0) is 11.3 Å². The van der Waals surface area contributed by atoms with Gasteiger partial charge in [-0.3, -0.25) is 0 Å². The highest BCUT2D eigenvalue weighted by Gasteiger charge is 2.03. The van der Waals surface area contributed by atoms with Gasteiger partial charge >= 0.3 is 0 Å². The van der Waals surface area contributed by atoms with E-state index in [1.54, 1.807) is 20.1 Å². The Morgan fingerprint density at radius 1 is 1.56 bits per heavy atom. The molecular formula is C10H16ClN3O2. The molecule has 1 heterocycles. The summed E-state index contributed by atoms with van der Waals surface area (Å²) >= 11 is 5.83. The van der Waals surface area contributed by atoms with Crippen molar-refractivity contribution in [3.63, 3.8) is 0 Å². The van der Waals surface area contributed by atoms with E-state index in [0.717, 1.165) is 0 Å². The van der Waals surface area contributed by atoms with E-state index < -0.39 is 0 Å². The minimum atomic E-state index is -0.330. The molecule has 0 bridgehead atoms. The molecule has 1 rings (SSSR count). The van der Waals surface area contributed by atoms with Gasteiger partial charge in [0.25, 0.3) is 0 Å². The Labute approximate surface area is 99.8 Å². The van der Waals surface area contributed by atoms with Gasteiger partial charge in [-0.15, -0.1) is 0 Å². The summed E-state index contributed by atoms with van der Waals surface area (Å²) in [5, 5.41) is 12.5. The predicted octanol–water partition coefficient (Wildman–Crippen LogP) is 1.46. The van der Waals surface area contributed by atoms with Crippen molar-refractivity contribution in [1.29, 1.82) is 0 Å². The van der Waals surface area contributed by atoms with Crippen LogP contribution in [0, 0.1) is 0 Å². The molecule has 0 aliphatic rings. The van der Waals surface area contributed by atoms with Crippen LogP contribution in [0.4, 0.5) is 5.82 Å². The number of ether oxygens (including phenoxy) is 1. The molecule has 1 unspecified atom stereocenters. The van der Waals surface area contributed by atoms with Gasteiger partial charge in [-0.2, -0.15) is 0 Å². The van der Waals surface area contributed by atoms with E-state index in [4.69, 9.17) is 21.4 Å². The lowest BCUT2D eigenvalue weighted by atomic mass is 10.3. The molecule has 0 amide bonds. The van der Waals surface area contributed by atoms with Gasteiger partial charge in [-0.25, -0.2) is 9.97 Å². The maximum atomic E-state index is 9.10. The molecule has 0 fully saturated rings. The zero-order valence-electron chi connectivity index (χ0n) is 9.40. The van der Waals surface area contributed by atoms with Crippen molar-refractivity contribution >= 4 is 17.4 Å². The molecule has 1 aromatic heterocycles. The summed E-state index contributed by atoms with van der Waals surface area (Å²) in [7, 11) is 1.57. The van der Waals surface area contributed by atoms with E-state index in [-0.39, 0.29) is 6.10 Å². The first-order chi connectivity index (χ1) is 7.61. The molecule has 90 valence electrons. The highest BCUT2D eigenvalue weighted by molar-refractivity contribution is 6.29. The quantitative estimate of drug-likeness (QED) is 0.743. The zero-order valence-corrected chi connectivity index (χ0v) is 10.2. The molecule has 6 heteroatoms. The van der Waals surface area contributed by atoms with Gasteiger partial charge in [0.1, 0.15) is 17.6 Å². The summed E-state index contributed by atoms with van der Waals surface area (Å²) in [6, 6.07) is 1.64. The minimum absolute atomic E-state index is 0.325. The number of nitrogens with one attached hydrogen (secondary N) is 1. The summed E-state index contributed by atoms with van der Waals surface area (Å²) in [6.07, 6.45) is 0.324. The largest absolute Gasteiger partial charge is 0.393 e. The van der Waals surface area contributed by atoms with Crippen molar-refractivity contribution in [1.82, 2.24) is 9.97 Å². The second-order valence-corrected chi connectivity index (χ2v) is 3.88. The molecule has 0 aromatic carbocycles. The van der Waals surface area contributed by atoms with Crippen molar-refractivity contribution < 1.29 is 9.84 Å². The summed E-state index contributed by atoms with van der Waals surface area (Å²) in [5.41, 5.74) is 0. The monoisotopic (exact) mass is 245 g/mol. The maximum Gasteiger partial charge on any atom is 0.158 e. The van der Waals surface area contributed by atoms with E-state index in [2.05, 4.69) is 15.3 Å². The highest BCUT2D eigenvalue weighted by atomic mass is 35.5. The van der Waals surface area contributed by atoms with E-state index in [0.29, 0.717) is 36.4 Å². The van der Waals surface area contributed by atoms with E-state index in [1.807, 2.05) is 0 Å². The van der Waals surface area contributed by atoms with Crippen LogP contribution in [-0.4, -0.2) is 34.8 Å². The number of hydrogen-bond donors (Lipinski definition) is 2. The van der Waals surface area contributed by atoms with E-state index >= 15 is 0 Å². The third-order valence-corrected chi connectivity index (χ3v) is 2.08. The Morgan fingerprint density at radius 2 is 2.31 bits per heavy atom. The van der Waals surface area contributed by atoms with Gasteiger partial charge < -0.3 is 15.2 Å². The van der Waals surface area contributed by atoms with Crippen LogP contribution in [0.3, 0.4) is 0 Å². The summed E-state index contributed by atoms with van der Waals surface area (Å²) in [5.74, 6) is 1.18. The van der Waals surface area contributed by atoms with Crippen molar-refractivity contribution in [2.24, 2.45) is 0 Å². The lowest BCUT2D eigenvalue weighted by molar-refractivity contribution is 0.178. The van der Waals surface area contributed by atoms with Crippen LogP contribution in [0.25, 0.3) is 0 Å². The molecule has 1 atom stereocenters. The number of anilines is 1. The summed E-state index contributed by atoms with van der Waals surface area (Å²) in [4.78, 5) is 8.21. The second-order valence-electron chi connectivity index (χ2n) is 3.49. The first-order valence-electron chi connectivity index (χ1n) is 5.06. The molecule has 0 radical (unpaired) electrons. The van der Waals surface area contributed by atoms with Gasteiger partial charge in [0.2, 0.25) is 0 Å². The van der Waals surface area contributed by atoms with Crippen molar-refractivity contribution in [3.05, 3.63) is 17.0 Å². The van der Waals surface area contributed by atoms with Crippen molar-refractivity contribution in [2.45, 2.75) is 26.1 Å². The number of halogens is 1. The van der Waals surface area contributed by atoms with Gasteiger partial charge in [0.05, 0.1) is 6.10 Å². The average molecular weight is 246 g/mol. The molecule has 1 aromatic rings. The molecule has 0 spiro atoms. The smallest absolute Gasteiger partial charge is 0.158 e. The van der Waals surface area contributed by atoms with Gasteiger partial charge in [-0.05, 0) is 13.3 Å². The second kappa shape index (κ2) is 6.62. The molecule has 0 aliphatic heterocycles. The topological polar surface area (TPSA) is 67.3 Å². The van der Waals surface area contributed by atoms with Gasteiger partial charge in [-0.1, -0.05) is 11.6 Å². The summed E-state index contributed by atoms with van der Waals surface area (Å²) < 4.78 is 4.93. The number of rotatable bonds is 6. The Kier molecular flexibility index (Phi) is 5.45. The highest BCUT2D eigenvalue weighted by Crippen LogP contribution is 2.12. The van der Waals surface area contributed by atoms with Gasteiger partial charge in [0.15, 0.2) is 5.82 Å². The fourth-order valence-corrected chi connectivity index (χ4v) is 1.36. The molecule has 0 saturated heterocycles. The molecule has 2 N–H and O–H groups in total. The predicted molar refractivity (Wildman–Crippen MR) is 62.5 cm³/mol.